The van der Waals surface area contributed by atoms with Crippen molar-refractivity contribution in [2.45, 2.75) is 26.4 Å². The predicted octanol–water partition coefficient (Wildman–Crippen LogP) is 4.63. The lowest BCUT2D eigenvalue weighted by Gasteiger charge is -2.27. The van der Waals surface area contributed by atoms with Gasteiger partial charge in [0.05, 0.1) is 26.4 Å². The zero-order valence-corrected chi connectivity index (χ0v) is 14.5. The van der Waals surface area contributed by atoms with Crippen molar-refractivity contribution in [3.63, 3.8) is 0 Å². The van der Waals surface area contributed by atoms with Gasteiger partial charge >= 0.3 is 6.72 Å². The van der Waals surface area contributed by atoms with Gasteiger partial charge in [-0.05, 0) is 38.1 Å². The Morgan fingerprint density at radius 2 is 1.86 bits per heavy atom. The van der Waals surface area contributed by atoms with Gasteiger partial charge < -0.3 is 18.3 Å². The lowest BCUT2D eigenvalue weighted by molar-refractivity contribution is 0.121. The Hall–Kier alpha value is -0.710. The molecule has 0 aliphatic rings. The average Bonchev–Trinajstić information content (AvgIpc) is 2.47. The molecule has 0 saturated carbocycles. The molecule has 0 aromatic heterocycles. The first-order valence-electron chi connectivity index (χ1n) is 6.91. The van der Waals surface area contributed by atoms with Gasteiger partial charge in [-0.2, -0.15) is 0 Å². The highest BCUT2D eigenvalue weighted by Gasteiger charge is 2.27. The highest BCUT2D eigenvalue weighted by atomic mass is 32.5. The molecule has 1 unspecified atom stereocenters. The summed E-state index contributed by atoms with van der Waals surface area (Å²) in [6, 6.07) is 7.68. The minimum atomic E-state index is -2.77. The van der Waals surface area contributed by atoms with E-state index >= 15 is 0 Å². The summed E-state index contributed by atoms with van der Waals surface area (Å²) >= 11 is 5.44. The fourth-order valence-corrected chi connectivity index (χ4v) is 4.16. The van der Waals surface area contributed by atoms with Crippen molar-refractivity contribution in [3.8, 4) is 5.75 Å². The monoisotopic (exact) mass is 330 g/mol. The van der Waals surface area contributed by atoms with Crippen molar-refractivity contribution in [2.24, 2.45) is 0 Å². The van der Waals surface area contributed by atoms with Gasteiger partial charge in [0.1, 0.15) is 5.75 Å². The molecular weight excluding hydrogens is 307 g/mol. The number of rotatable bonds is 10. The van der Waals surface area contributed by atoms with Crippen LogP contribution in [0.15, 0.2) is 36.9 Å². The zero-order valence-electron chi connectivity index (χ0n) is 12.8. The maximum atomic E-state index is 6.02. The quantitative estimate of drug-likeness (QED) is 0.462. The number of benzene rings is 1. The molecule has 0 fully saturated rings. The van der Waals surface area contributed by atoms with Crippen molar-refractivity contribution < 1.29 is 18.3 Å². The molecule has 1 aromatic rings. The summed E-state index contributed by atoms with van der Waals surface area (Å²) in [6.45, 7) is 5.65. The van der Waals surface area contributed by atoms with Crippen LogP contribution in [0.3, 0.4) is 0 Å². The van der Waals surface area contributed by atoms with Gasteiger partial charge in [-0.3, -0.25) is 0 Å². The third-order valence-electron chi connectivity index (χ3n) is 2.70. The van der Waals surface area contributed by atoms with Crippen LogP contribution in [0.4, 0.5) is 0 Å². The SMILES string of the molecule is C=CCC(OP(=S)(OCC)OCC)c1ccccc1OC. The maximum Gasteiger partial charge on any atom is 0.327 e. The number of ether oxygens (including phenoxy) is 1. The Kier molecular flexibility index (Phi) is 8.15. The van der Waals surface area contributed by atoms with Gasteiger partial charge in [-0.1, -0.05) is 24.3 Å². The maximum absolute atomic E-state index is 6.02. The summed E-state index contributed by atoms with van der Waals surface area (Å²) in [5, 5.41) is 0. The van der Waals surface area contributed by atoms with Crippen molar-refractivity contribution in [3.05, 3.63) is 42.5 Å². The van der Waals surface area contributed by atoms with Crippen LogP contribution < -0.4 is 4.74 Å². The van der Waals surface area contributed by atoms with Gasteiger partial charge in [0.15, 0.2) is 0 Å². The van der Waals surface area contributed by atoms with E-state index in [0.29, 0.717) is 19.6 Å². The van der Waals surface area contributed by atoms with E-state index < -0.39 is 6.72 Å². The molecule has 0 heterocycles. The molecule has 1 atom stereocenters. The van der Waals surface area contributed by atoms with Gasteiger partial charge in [0.2, 0.25) is 0 Å². The Morgan fingerprint density at radius 1 is 1.24 bits per heavy atom. The summed E-state index contributed by atoms with van der Waals surface area (Å²) in [5.74, 6) is 0.749. The van der Waals surface area contributed by atoms with E-state index in [1.165, 1.54) is 0 Å². The van der Waals surface area contributed by atoms with E-state index in [1.807, 2.05) is 38.1 Å². The van der Waals surface area contributed by atoms with Crippen molar-refractivity contribution in [1.82, 2.24) is 0 Å². The van der Waals surface area contributed by atoms with Crippen LogP contribution >= 0.6 is 6.72 Å². The summed E-state index contributed by atoms with van der Waals surface area (Å²) in [4.78, 5) is 0. The van der Waals surface area contributed by atoms with Gasteiger partial charge in [0, 0.05) is 5.56 Å². The van der Waals surface area contributed by atoms with E-state index in [-0.39, 0.29) is 6.10 Å². The fraction of sp³-hybridized carbons (Fsp3) is 0.467. The minimum absolute atomic E-state index is 0.303. The summed E-state index contributed by atoms with van der Waals surface area (Å²) in [7, 11) is 1.63. The molecule has 1 aromatic carbocycles. The number of methoxy groups -OCH3 is 1. The van der Waals surface area contributed by atoms with Crippen LogP contribution in [-0.4, -0.2) is 20.3 Å². The molecule has 1 rings (SSSR count). The molecule has 21 heavy (non-hydrogen) atoms. The van der Waals surface area contributed by atoms with Crippen molar-refractivity contribution >= 4 is 18.5 Å². The molecular formula is C15H23O4PS. The Bertz CT molecular complexity index is 482. The first-order chi connectivity index (χ1) is 10.1. The Balaban J connectivity index is 3.05. The molecule has 0 spiro atoms. The number of hydrogen-bond donors (Lipinski definition) is 0. The molecule has 0 aliphatic carbocycles. The molecule has 0 amide bonds. The topological polar surface area (TPSA) is 36.9 Å². The molecule has 6 heteroatoms. The second-order valence-electron chi connectivity index (χ2n) is 4.14. The first-order valence-corrected chi connectivity index (χ1v) is 9.47. The zero-order chi connectivity index (χ0) is 15.7. The molecule has 0 aliphatic heterocycles. The third kappa shape index (κ3) is 5.53. The number of hydrogen-bond acceptors (Lipinski definition) is 5. The lowest BCUT2D eigenvalue weighted by Crippen LogP contribution is -2.07. The van der Waals surface area contributed by atoms with Crippen LogP contribution in [0, 0.1) is 0 Å². The van der Waals surface area contributed by atoms with Crippen LogP contribution in [0.25, 0.3) is 0 Å². The van der Waals surface area contributed by atoms with Crippen LogP contribution in [0.2, 0.25) is 0 Å². The fourth-order valence-electron chi connectivity index (χ4n) is 1.88. The van der Waals surface area contributed by atoms with Gasteiger partial charge in [-0.15, -0.1) is 6.58 Å². The predicted molar refractivity (Wildman–Crippen MR) is 89.2 cm³/mol. The largest absolute Gasteiger partial charge is 0.496 e. The van der Waals surface area contributed by atoms with E-state index in [9.17, 15) is 0 Å². The molecule has 0 radical (unpaired) electrons. The second-order valence-corrected chi connectivity index (χ2v) is 7.11. The van der Waals surface area contributed by atoms with E-state index in [4.69, 9.17) is 30.1 Å². The van der Waals surface area contributed by atoms with E-state index in [0.717, 1.165) is 11.3 Å². The van der Waals surface area contributed by atoms with Crippen LogP contribution in [0.5, 0.6) is 5.75 Å². The number of para-hydroxylation sites is 1. The summed E-state index contributed by atoms with van der Waals surface area (Å²) in [6.07, 6.45) is 2.08. The third-order valence-corrected chi connectivity index (χ3v) is 5.25. The van der Waals surface area contributed by atoms with Crippen LogP contribution in [-0.2, 0) is 25.4 Å². The normalized spacial score (nSPS) is 12.9. The molecule has 0 saturated heterocycles. The molecule has 118 valence electrons. The summed E-state index contributed by atoms with van der Waals surface area (Å²) in [5.41, 5.74) is 0.911. The molecule has 4 nitrogen and oxygen atoms in total. The first kappa shape index (κ1) is 18.3. The van der Waals surface area contributed by atoms with Gasteiger partial charge in [0.25, 0.3) is 0 Å². The Labute approximate surface area is 132 Å². The Morgan fingerprint density at radius 3 is 2.38 bits per heavy atom. The lowest BCUT2D eigenvalue weighted by atomic mass is 10.1. The highest BCUT2D eigenvalue weighted by molar-refractivity contribution is 8.07. The van der Waals surface area contributed by atoms with Crippen molar-refractivity contribution in [2.75, 3.05) is 20.3 Å². The van der Waals surface area contributed by atoms with Crippen LogP contribution in [0.1, 0.15) is 31.9 Å². The molecule has 0 N–H and O–H groups in total. The standard InChI is InChI=1S/C15H23O4PS/c1-5-10-15(13-11-8-9-12-14(13)16-4)19-20(21,17-6-2)18-7-3/h5,8-9,11-12,15H,1,6-7,10H2,2-4H3. The van der Waals surface area contributed by atoms with Crippen molar-refractivity contribution in [1.29, 1.82) is 0 Å². The molecule has 0 bridgehead atoms. The highest BCUT2D eigenvalue weighted by Crippen LogP contribution is 2.54. The smallest absolute Gasteiger partial charge is 0.327 e. The average molecular weight is 330 g/mol. The minimum Gasteiger partial charge on any atom is -0.496 e. The second kappa shape index (κ2) is 9.34. The van der Waals surface area contributed by atoms with E-state index in [1.54, 1.807) is 13.2 Å². The summed E-state index contributed by atoms with van der Waals surface area (Å²) < 4.78 is 22.5. The van der Waals surface area contributed by atoms with E-state index in [2.05, 4.69) is 6.58 Å². The van der Waals surface area contributed by atoms with Gasteiger partial charge in [-0.25, -0.2) is 0 Å².